The second-order valence-electron chi connectivity index (χ2n) is 8.12. The van der Waals surface area contributed by atoms with Crippen LogP contribution in [-0.4, -0.2) is 59.2 Å². The average molecular weight is 455 g/mol. The number of amides is 1. The monoisotopic (exact) mass is 454 g/mol. The second-order valence-corrected chi connectivity index (χ2v) is 9.74. The lowest BCUT2D eigenvalue weighted by Gasteiger charge is -2.25. The Morgan fingerprint density at radius 2 is 2.00 bits per heavy atom. The molecule has 31 heavy (non-hydrogen) atoms. The highest BCUT2D eigenvalue weighted by Gasteiger charge is 2.31. The summed E-state index contributed by atoms with van der Waals surface area (Å²) >= 11 is 0. The van der Waals surface area contributed by atoms with E-state index in [1.807, 2.05) is 38.6 Å². The quantitative estimate of drug-likeness (QED) is 0.652. The molecule has 0 radical (unpaired) electrons. The second kappa shape index (κ2) is 9.37. The van der Waals surface area contributed by atoms with Gasteiger partial charge in [0, 0.05) is 37.0 Å². The minimum Gasteiger partial charge on any atom is -0.431 e. The number of aromatic nitrogens is 3. The van der Waals surface area contributed by atoms with Crippen molar-refractivity contribution in [3.8, 4) is 0 Å². The Hall–Kier alpha value is -2.44. The van der Waals surface area contributed by atoms with Gasteiger partial charge in [0.25, 0.3) is 5.91 Å². The van der Waals surface area contributed by atoms with E-state index >= 15 is 0 Å². The summed E-state index contributed by atoms with van der Waals surface area (Å²) in [6.07, 6.45) is 3.61. The molecule has 1 atom stereocenters. The van der Waals surface area contributed by atoms with Crippen LogP contribution in [0.15, 0.2) is 16.9 Å². The summed E-state index contributed by atoms with van der Waals surface area (Å²) in [6, 6.07) is -0.0567. The van der Waals surface area contributed by atoms with Gasteiger partial charge < -0.3 is 9.15 Å². The molecule has 1 aliphatic rings. The van der Waals surface area contributed by atoms with E-state index < -0.39 is 16.1 Å². The molecule has 2 aromatic rings. The van der Waals surface area contributed by atoms with E-state index in [1.165, 1.54) is 4.31 Å². The molecule has 1 unspecified atom stereocenters. The summed E-state index contributed by atoms with van der Waals surface area (Å²) in [6.45, 7) is 10.8. The maximum absolute atomic E-state index is 12.7. The van der Waals surface area contributed by atoms with Crippen molar-refractivity contribution in [2.75, 3.05) is 25.1 Å². The van der Waals surface area contributed by atoms with Crippen LogP contribution in [0.2, 0.25) is 0 Å². The van der Waals surface area contributed by atoms with Gasteiger partial charge in [-0.15, -0.1) is 0 Å². The summed E-state index contributed by atoms with van der Waals surface area (Å²) in [7, 11) is -4.04. The Balaban J connectivity index is 1.73. The number of nitrogens with zero attached hydrogens (tertiary/aromatic N) is 4. The zero-order valence-corrected chi connectivity index (χ0v) is 19.3. The summed E-state index contributed by atoms with van der Waals surface area (Å²) < 4.78 is 41.1. The molecule has 0 bridgehead atoms. The van der Waals surface area contributed by atoms with Crippen LogP contribution in [0.4, 0.5) is 11.8 Å². The predicted molar refractivity (Wildman–Crippen MR) is 114 cm³/mol. The fourth-order valence-corrected chi connectivity index (χ4v) is 4.54. The lowest BCUT2D eigenvalue weighted by atomic mass is 10.1. The van der Waals surface area contributed by atoms with Crippen LogP contribution in [0.1, 0.15) is 69.1 Å². The smallest absolute Gasteiger partial charge is 0.304 e. The van der Waals surface area contributed by atoms with E-state index in [2.05, 4.69) is 20.1 Å². The number of carbonyl (C=O) groups is 1. The zero-order valence-electron chi connectivity index (χ0n) is 18.5. The number of anilines is 2. The molecule has 1 aliphatic heterocycles. The van der Waals surface area contributed by atoms with Crippen molar-refractivity contribution in [2.24, 2.45) is 0 Å². The van der Waals surface area contributed by atoms with Crippen molar-refractivity contribution in [3.63, 3.8) is 0 Å². The van der Waals surface area contributed by atoms with Gasteiger partial charge in [-0.25, -0.2) is 4.72 Å². The van der Waals surface area contributed by atoms with E-state index in [1.54, 1.807) is 6.92 Å². The third-order valence-corrected chi connectivity index (χ3v) is 6.63. The fraction of sp³-hybridized carbons (Fsp3) is 0.632. The van der Waals surface area contributed by atoms with Crippen LogP contribution in [0.3, 0.4) is 0 Å². The SMILES string of the molecule is CC(C)c1cn(C(C)C)nc1Nc1nc(C(=O)NS(=O)(=O)N2CCOCCC2C)co1. The molecule has 0 aliphatic carbocycles. The van der Waals surface area contributed by atoms with Gasteiger partial charge in [-0.1, -0.05) is 13.8 Å². The third kappa shape index (κ3) is 5.43. The molecule has 0 spiro atoms. The van der Waals surface area contributed by atoms with E-state index in [4.69, 9.17) is 9.15 Å². The highest BCUT2D eigenvalue weighted by Crippen LogP contribution is 2.27. The predicted octanol–water partition coefficient (Wildman–Crippen LogP) is 2.40. The molecular formula is C19H30N6O5S. The molecule has 11 nitrogen and oxygen atoms in total. The van der Waals surface area contributed by atoms with Gasteiger partial charge >= 0.3 is 16.2 Å². The minimum atomic E-state index is -4.04. The minimum absolute atomic E-state index is 0.0509. The van der Waals surface area contributed by atoms with Crippen LogP contribution >= 0.6 is 0 Å². The molecule has 172 valence electrons. The molecule has 2 aromatic heterocycles. The van der Waals surface area contributed by atoms with Crippen molar-refractivity contribution >= 4 is 27.9 Å². The molecule has 1 amide bonds. The van der Waals surface area contributed by atoms with E-state index in [0.717, 1.165) is 11.8 Å². The van der Waals surface area contributed by atoms with Crippen molar-refractivity contribution < 1.29 is 22.4 Å². The van der Waals surface area contributed by atoms with Crippen LogP contribution in [0, 0.1) is 0 Å². The Morgan fingerprint density at radius 1 is 1.26 bits per heavy atom. The van der Waals surface area contributed by atoms with Gasteiger partial charge in [-0.3, -0.25) is 14.8 Å². The molecular weight excluding hydrogens is 424 g/mol. The molecule has 12 heteroatoms. The van der Waals surface area contributed by atoms with E-state index in [9.17, 15) is 13.2 Å². The summed E-state index contributed by atoms with van der Waals surface area (Å²) in [5.41, 5.74) is 0.817. The Morgan fingerprint density at radius 3 is 2.68 bits per heavy atom. The summed E-state index contributed by atoms with van der Waals surface area (Å²) in [5, 5.41) is 7.49. The first-order chi connectivity index (χ1) is 14.6. The van der Waals surface area contributed by atoms with Gasteiger partial charge in [0.1, 0.15) is 6.26 Å². The Labute approximate surface area is 182 Å². The van der Waals surface area contributed by atoms with Crippen LogP contribution in [0.25, 0.3) is 0 Å². The molecule has 1 saturated heterocycles. The standard InChI is InChI=1S/C19H30N6O5S/c1-12(2)15-10-24(13(3)4)22-17(15)21-19-20-16(11-30-19)18(26)23-31(27,28)25-7-9-29-8-6-14(25)5/h10-14H,6-9H2,1-5H3,(H,23,26)(H,20,21,22). The van der Waals surface area contributed by atoms with Crippen molar-refractivity contribution in [3.05, 3.63) is 23.7 Å². The molecule has 1 fully saturated rings. The van der Waals surface area contributed by atoms with Gasteiger partial charge in [0.15, 0.2) is 11.5 Å². The first-order valence-electron chi connectivity index (χ1n) is 10.3. The number of rotatable bonds is 7. The summed E-state index contributed by atoms with van der Waals surface area (Å²) in [4.78, 5) is 16.6. The van der Waals surface area contributed by atoms with Gasteiger partial charge in [0.2, 0.25) is 0 Å². The maximum Gasteiger partial charge on any atom is 0.304 e. The van der Waals surface area contributed by atoms with Gasteiger partial charge in [-0.05, 0) is 33.1 Å². The highest BCUT2D eigenvalue weighted by atomic mass is 32.2. The van der Waals surface area contributed by atoms with Gasteiger partial charge in [0.05, 0.1) is 6.61 Å². The van der Waals surface area contributed by atoms with Crippen LogP contribution in [0.5, 0.6) is 0 Å². The molecule has 3 heterocycles. The molecule has 3 rings (SSSR count). The van der Waals surface area contributed by atoms with Crippen LogP contribution in [-0.2, 0) is 14.9 Å². The largest absolute Gasteiger partial charge is 0.431 e. The third-order valence-electron chi connectivity index (χ3n) is 5.03. The lowest BCUT2D eigenvalue weighted by Crippen LogP contribution is -2.48. The fourth-order valence-electron chi connectivity index (χ4n) is 3.19. The zero-order chi connectivity index (χ0) is 22.8. The van der Waals surface area contributed by atoms with Crippen molar-refractivity contribution in [1.82, 2.24) is 23.8 Å². The number of hydrogen-bond donors (Lipinski definition) is 2. The first-order valence-corrected chi connectivity index (χ1v) is 11.8. The normalized spacial score (nSPS) is 18.4. The molecule has 0 aromatic carbocycles. The van der Waals surface area contributed by atoms with Gasteiger partial charge in [-0.2, -0.15) is 22.8 Å². The van der Waals surface area contributed by atoms with E-state index in [0.29, 0.717) is 18.8 Å². The highest BCUT2D eigenvalue weighted by molar-refractivity contribution is 7.87. The molecule has 0 saturated carbocycles. The van der Waals surface area contributed by atoms with Crippen molar-refractivity contribution in [2.45, 2.75) is 59.0 Å². The topological polar surface area (TPSA) is 132 Å². The Kier molecular flexibility index (Phi) is 7.02. The number of oxazole rings is 1. The number of hydrogen-bond acceptors (Lipinski definition) is 8. The van der Waals surface area contributed by atoms with E-state index in [-0.39, 0.29) is 42.9 Å². The van der Waals surface area contributed by atoms with Crippen molar-refractivity contribution in [1.29, 1.82) is 0 Å². The summed E-state index contributed by atoms with van der Waals surface area (Å²) in [5.74, 6) is -0.0908. The number of ether oxygens (including phenoxy) is 1. The number of nitrogens with one attached hydrogen (secondary N) is 2. The first kappa shape index (κ1) is 23.2. The number of carbonyl (C=O) groups excluding carboxylic acids is 1. The average Bonchev–Trinajstić information content (AvgIpc) is 3.26. The lowest BCUT2D eigenvalue weighted by molar-refractivity contribution is 0.0973. The maximum atomic E-state index is 12.7. The van der Waals surface area contributed by atoms with Crippen LogP contribution < -0.4 is 10.0 Å². The molecule has 2 N–H and O–H groups in total. The Bertz CT molecular complexity index is 1010.